The van der Waals surface area contributed by atoms with Crippen LogP contribution in [0.1, 0.15) is 28.9 Å². The van der Waals surface area contributed by atoms with Gasteiger partial charge in [0.25, 0.3) is 5.91 Å². The van der Waals surface area contributed by atoms with E-state index in [4.69, 9.17) is 9.47 Å². The van der Waals surface area contributed by atoms with Gasteiger partial charge in [0.15, 0.2) is 0 Å². The van der Waals surface area contributed by atoms with E-state index in [2.05, 4.69) is 10.3 Å². The average Bonchev–Trinajstić information content (AvgIpc) is 3.55. The molecule has 1 saturated carbocycles. The maximum Gasteiger partial charge on any atom is 0.270 e. The summed E-state index contributed by atoms with van der Waals surface area (Å²) in [6, 6.07) is 13.1. The smallest absolute Gasteiger partial charge is 0.270 e. The fourth-order valence-electron chi connectivity index (χ4n) is 3.75. The Morgan fingerprint density at radius 3 is 2.83 bits per heavy atom. The number of carbonyl (C=O) groups is 2. The Morgan fingerprint density at radius 2 is 2.03 bits per heavy atom. The predicted octanol–water partition coefficient (Wildman–Crippen LogP) is 3.56. The molecular formula is C23H23N3O4. The molecule has 3 aromatic rings. The molecule has 7 nitrogen and oxygen atoms in total. The van der Waals surface area contributed by atoms with E-state index in [0.29, 0.717) is 25.4 Å². The summed E-state index contributed by atoms with van der Waals surface area (Å²) in [5.41, 5.74) is 3.00. The van der Waals surface area contributed by atoms with Gasteiger partial charge in [-0.2, -0.15) is 0 Å². The second-order valence-corrected chi connectivity index (χ2v) is 7.80. The van der Waals surface area contributed by atoms with E-state index in [9.17, 15) is 9.59 Å². The molecule has 0 unspecified atom stereocenters. The van der Waals surface area contributed by atoms with Gasteiger partial charge in [-0.3, -0.25) is 9.59 Å². The lowest BCUT2D eigenvalue weighted by Crippen LogP contribution is -2.32. The van der Waals surface area contributed by atoms with Gasteiger partial charge in [0, 0.05) is 40.7 Å². The number of H-pyrrole nitrogens is 1. The molecule has 1 fully saturated rings. The van der Waals surface area contributed by atoms with Crippen molar-refractivity contribution in [3.63, 3.8) is 0 Å². The first-order valence-corrected chi connectivity index (χ1v) is 10.1. The van der Waals surface area contributed by atoms with Gasteiger partial charge in [-0.25, -0.2) is 0 Å². The number of aromatic amines is 1. The number of benzene rings is 2. The number of aromatic nitrogens is 1. The minimum absolute atomic E-state index is 0.0610. The Kier molecular flexibility index (Phi) is 4.58. The Balaban J connectivity index is 1.38. The first-order valence-electron chi connectivity index (χ1n) is 10.1. The number of ether oxygens (including phenoxy) is 2. The van der Waals surface area contributed by atoms with Gasteiger partial charge in [-0.15, -0.1) is 0 Å². The van der Waals surface area contributed by atoms with Gasteiger partial charge >= 0.3 is 0 Å². The normalized spacial score (nSPS) is 15.8. The number of carbonyl (C=O) groups excluding carboxylic acids is 2. The number of amides is 2. The Morgan fingerprint density at radius 1 is 1.17 bits per heavy atom. The Bertz CT molecular complexity index is 1130. The molecule has 2 aliphatic rings. The second-order valence-electron chi connectivity index (χ2n) is 7.80. The number of hydrogen-bond donors (Lipinski definition) is 2. The van der Waals surface area contributed by atoms with E-state index in [1.165, 1.54) is 0 Å². The van der Waals surface area contributed by atoms with Gasteiger partial charge in [0.05, 0.1) is 13.7 Å². The highest BCUT2D eigenvalue weighted by Crippen LogP contribution is 2.32. The molecule has 0 bridgehead atoms. The van der Waals surface area contributed by atoms with Crippen LogP contribution in [0.3, 0.4) is 0 Å². The van der Waals surface area contributed by atoms with Crippen molar-refractivity contribution in [2.24, 2.45) is 5.92 Å². The fourth-order valence-corrected chi connectivity index (χ4v) is 3.75. The predicted molar refractivity (Wildman–Crippen MR) is 113 cm³/mol. The van der Waals surface area contributed by atoms with Crippen LogP contribution in [0.2, 0.25) is 0 Å². The van der Waals surface area contributed by atoms with E-state index in [0.717, 1.165) is 46.5 Å². The van der Waals surface area contributed by atoms with Crippen molar-refractivity contribution in [2.45, 2.75) is 19.4 Å². The van der Waals surface area contributed by atoms with Gasteiger partial charge in [0.1, 0.15) is 23.8 Å². The summed E-state index contributed by atoms with van der Waals surface area (Å²) in [5.74, 6) is 1.59. The highest BCUT2D eigenvalue weighted by molar-refractivity contribution is 5.98. The largest absolute Gasteiger partial charge is 0.497 e. The van der Waals surface area contributed by atoms with E-state index < -0.39 is 0 Å². The van der Waals surface area contributed by atoms with Crippen LogP contribution in [0.15, 0.2) is 42.5 Å². The van der Waals surface area contributed by atoms with Crippen molar-refractivity contribution >= 4 is 28.4 Å². The number of fused-ring (bicyclic) bond motifs is 2. The first-order chi connectivity index (χ1) is 14.6. The first kappa shape index (κ1) is 18.5. The summed E-state index contributed by atoms with van der Waals surface area (Å²) in [7, 11) is 1.62. The minimum Gasteiger partial charge on any atom is -0.497 e. The van der Waals surface area contributed by atoms with Gasteiger partial charge in [-0.1, -0.05) is 0 Å². The molecule has 2 aromatic carbocycles. The summed E-state index contributed by atoms with van der Waals surface area (Å²) in [4.78, 5) is 30.2. The van der Waals surface area contributed by atoms with Gasteiger partial charge in [0.2, 0.25) is 5.91 Å². The van der Waals surface area contributed by atoms with Gasteiger partial charge in [-0.05, 0) is 49.2 Å². The molecule has 0 atom stereocenters. The lowest BCUT2D eigenvalue weighted by Gasteiger charge is -2.19. The average molecular weight is 405 g/mol. The summed E-state index contributed by atoms with van der Waals surface area (Å²) in [5, 5.41) is 3.92. The standard InChI is InChI=1S/C23H23N3O4/c1-29-18-6-4-15-11-20(25-19(15)12-18)23(28)26-8-9-30-21-7-5-17(10-16(21)13-26)24-22(27)14-2-3-14/h4-7,10-12,14,25H,2-3,8-9,13H2,1H3,(H,24,27). The summed E-state index contributed by atoms with van der Waals surface area (Å²) >= 11 is 0. The van der Waals surface area contributed by atoms with Gasteiger partial charge < -0.3 is 24.7 Å². The zero-order valence-corrected chi connectivity index (χ0v) is 16.7. The molecule has 1 aromatic heterocycles. The van der Waals surface area contributed by atoms with Crippen LogP contribution in [0.5, 0.6) is 11.5 Å². The molecule has 1 aliphatic heterocycles. The second kappa shape index (κ2) is 7.40. The number of hydrogen-bond acceptors (Lipinski definition) is 4. The van der Waals surface area contributed by atoms with Crippen molar-refractivity contribution in [1.29, 1.82) is 0 Å². The maximum atomic E-state index is 13.2. The van der Waals surface area contributed by atoms with Crippen LogP contribution in [0, 0.1) is 5.92 Å². The van der Waals surface area contributed by atoms with E-state index in [-0.39, 0.29) is 17.7 Å². The third kappa shape index (κ3) is 3.58. The number of anilines is 1. The van der Waals surface area contributed by atoms with Crippen molar-refractivity contribution < 1.29 is 19.1 Å². The van der Waals surface area contributed by atoms with Crippen molar-refractivity contribution in [3.8, 4) is 11.5 Å². The number of nitrogens with one attached hydrogen (secondary N) is 2. The van der Waals surface area contributed by atoms with Crippen LogP contribution in [-0.2, 0) is 11.3 Å². The minimum atomic E-state index is -0.0889. The Hall–Kier alpha value is -3.48. The van der Waals surface area contributed by atoms with Crippen LogP contribution >= 0.6 is 0 Å². The molecule has 0 saturated heterocycles. The molecule has 30 heavy (non-hydrogen) atoms. The van der Waals surface area contributed by atoms with E-state index >= 15 is 0 Å². The maximum absolute atomic E-state index is 13.2. The third-order valence-corrected chi connectivity index (χ3v) is 5.60. The Labute approximate surface area is 174 Å². The molecular weight excluding hydrogens is 382 g/mol. The van der Waals surface area contributed by atoms with Crippen molar-refractivity contribution in [1.82, 2.24) is 9.88 Å². The van der Waals surface area contributed by atoms with E-state index in [1.807, 2.05) is 42.5 Å². The fraction of sp³-hybridized carbons (Fsp3) is 0.304. The zero-order chi connectivity index (χ0) is 20.7. The van der Waals surface area contributed by atoms with Crippen LogP contribution in [0.4, 0.5) is 5.69 Å². The lowest BCUT2D eigenvalue weighted by atomic mass is 10.1. The SMILES string of the molecule is COc1ccc2cc(C(=O)N3CCOc4ccc(NC(=O)C5CC5)cc4C3)[nH]c2c1. The number of nitrogens with zero attached hydrogens (tertiary/aromatic N) is 1. The van der Waals surface area contributed by atoms with E-state index in [1.54, 1.807) is 12.0 Å². The summed E-state index contributed by atoms with van der Waals surface area (Å²) in [6.07, 6.45) is 1.91. The molecule has 0 radical (unpaired) electrons. The summed E-state index contributed by atoms with van der Waals surface area (Å²) < 4.78 is 11.1. The zero-order valence-electron chi connectivity index (χ0n) is 16.7. The molecule has 154 valence electrons. The monoisotopic (exact) mass is 405 g/mol. The summed E-state index contributed by atoms with van der Waals surface area (Å²) in [6.45, 7) is 1.32. The van der Waals surface area contributed by atoms with Crippen LogP contribution < -0.4 is 14.8 Å². The number of rotatable bonds is 4. The molecule has 2 heterocycles. The quantitative estimate of drug-likeness (QED) is 0.695. The van der Waals surface area contributed by atoms with Crippen LogP contribution in [-0.4, -0.2) is 42.0 Å². The lowest BCUT2D eigenvalue weighted by molar-refractivity contribution is -0.117. The molecule has 5 rings (SSSR count). The van der Waals surface area contributed by atoms with Crippen molar-refractivity contribution in [2.75, 3.05) is 25.6 Å². The van der Waals surface area contributed by atoms with Crippen LogP contribution in [0.25, 0.3) is 10.9 Å². The molecule has 0 spiro atoms. The van der Waals surface area contributed by atoms with Crippen molar-refractivity contribution in [3.05, 3.63) is 53.7 Å². The topological polar surface area (TPSA) is 83.7 Å². The highest BCUT2D eigenvalue weighted by atomic mass is 16.5. The molecule has 1 aliphatic carbocycles. The number of methoxy groups -OCH3 is 1. The molecule has 2 amide bonds. The highest BCUT2D eigenvalue weighted by Gasteiger charge is 2.30. The molecule has 7 heteroatoms. The molecule has 2 N–H and O–H groups in total. The third-order valence-electron chi connectivity index (χ3n) is 5.60.